The molecule has 1 unspecified atom stereocenters. The molecular formula is C9H11F3N2. The van der Waals surface area contributed by atoms with E-state index in [0.717, 1.165) is 6.07 Å². The van der Waals surface area contributed by atoms with Crippen molar-refractivity contribution in [3.8, 4) is 0 Å². The molecule has 0 amide bonds. The van der Waals surface area contributed by atoms with Gasteiger partial charge in [0.2, 0.25) is 0 Å². The molecule has 1 aromatic rings. The average Bonchev–Trinajstić information content (AvgIpc) is 2.01. The van der Waals surface area contributed by atoms with Gasteiger partial charge in [-0.05, 0) is 24.6 Å². The smallest absolute Gasteiger partial charge is 0.399 e. The molecule has 5 heteroatoms. The van der Waals surface area contributed by atoms with Crippen molar-refractivity contribution in [2.75, 3.05) is 5.73 Å². The third-order valence-corrected chi connectivity index (χ3v) is 1.87. The van der Waals surface area contributed by atoms with Crippen molar-refractivity contribution in [1.29, 1.82) is 0 Å². The maximum Gasteiger partial charge on any atom is 0.416 e. The van der Waals surface area contributed by atoms with Gasteiger partial charge in [0.1, 0.15) is 0 Å². The molecular weight excluding hydrogens is 193 g/mol. The van der Waals surface area contributed by atoms with Crippen LogP contribution in [0.5, 0.6) is 0 Å². The number of hydrogen-bond acceptors (Lipinski definition) is 2. The van der Waals surface area contributed by atoms with Gasteiger partial charge in [0.05, 0.1) is 5.56 Å². The first-order valence-corrected chi connectivity index (χ1v) is 4.04. The zero-order valence-corrected chi connectivity index (χ0v) is 7.60. The molecule has 0 aliphatic heterocycles. The van der Waals surface area contributed by atoms with E-state index in [1.807, 2.05) is 0 Å². The minimum absolute atomic E-state index is 0.0618. The molecule has 0 bridgehead atoms. The number of hydrogen-bond donors (Lipinski definition) is 2. The third kappa shape index (κ3) is 2.17. The van der Waals surface area contributed by atoms with E-state index in [2.05, 4.69) is 0 Å². The maximum atomic E-state index is 12.5. The fraction of sp³-hybridized carbons (Fsp3) is 0.333. The van der Waals surface area contributed by atoms with Crippen LogP contribution in [-0.2, 0) is 6.18 Å². The van der Waals surface area contributed by atoms with Crippen LogP contribution in [0.2, 0.25) is 0 Å². The largest absolute Gasteiger partial charge is 0.416 e. The Morgan fingerprint density at radius 1 is 1.29 bits per heavy atom. The van der Waals surface area contributed by atoms with Gasteiger partial charge in [-0.3, -0.25) is 0 Å². The number of nitrogens with two attached hydrogens (primary N) is 2. The van der Waals surface area contributed by atoms with E-state index in [-0.39, 0.29) is 11.3 Å². The van der Waals surface area contributed by atoms with Crippen molar-refractivity contribution in [3.05, 3.63) is 29.3 Å². The number of nitrogen functional groups attached to an aromatic ring is 1. The van der Waals surface area contributed by atoms with Gasteiger partial charge in [-0.15, -0.1) is 0 Å². The lowest BCUT2D eigenvalue weighted by molar-refractivity contribution is -0.138. The van der Waals surface area contributed by atoms with E-state index in [1.165, 1.54) is 19.1 Å². The topological polar surface area (TPSA) is 52.0 Å². The lowest BCUT2D eigenvalue weighted by Crippen LogP contribution is -2.15. The van der Waals surface area contributed by atoms with Crippen LogP contribution in [0.4, 0.5) is 18.9 Å². The molecule has 0 saturated carbocycles. The Bertz CT molecular complexity index is 331. The van der Waals surface area contributed by atoms with Gasteiger partial charge in [-0.2, -0.15) is 13.2 Å². The number of halogens is 3. The minimum Gasteiger partial charge on any atom is -0.399 e. The van der Waals surface area contributed by atoms with Gasteiger partial charge in [0, 0.05) is 11.7 Å². The Kier molecular flexibility index (Phi) is 2.71. The highest BCUT2D eigenvalue weighted by Crippen LogP contribution is 2.35. The molecule has 0 aliphatic rings. The first kappa shape index (κ1) is 10.8. The summed E-state index contributed by atoms with van der Waals surface area (Å²) in [6.07, 6.45) is -4.40. The molecule has 1 rings (SSSR count). The molecule has 0 fully saturated rings. The van der Waals surface area contributed by atoms with Crippen molar-refractivity contribution >= 4 is 5.69 Å². The highest BCUT2D eigenvalue weighted by Gasteiger charge is 2.34. The van der Waals surface area contributed by atoms with Crippen LogP contribution >= 0.6 is 0 Å². The van der Waals surface area contributed by atoms with Crippen LogP contribution < -0.4 is 11.5 Å². The van der Waals surface area contributed by atoms with Gasteiger partial charge < -0.3 is 11.5 Å². The van der Waals surface area contributed by atoms with E-state index >= 15 is 0 Å². The SMILES string of the molecule is CC(N)c1ccc(N)cc1C(F)(F)F. The molecule has 14 heavy (non-hydrogen) atoms. The lowest BCUT2D eigenvalue weighted by atomic mass is 10.0. The number of alkyl halides is 3. The molecule has 0 heterocycles. The van der Waals surface area contributed by atoms with Crippen molar-refractivity contribution in [1.82, 2.24) is 0 Å². The summed E-state index contributed by atoms with van der Waals surface area (Å²) in [4.78, 5) is 0. The molecule has 78 valence electrons. The summed E-state index contributed by atoms with van der Waals surface area (Å²) in [5.41, 5.74) is 10.1. The van der Waals surface area contributed by atoms with Gasteiger partial charge in [-0.25, -0.2) is 0 Å². The fourth-order valence-electron chi connectivity index (χ4n) is 1.22. The van der Waals surface area contributed by atoms with Crippen molar-refractivity contribution in [2.24, 2.45) is 5.73 Å². The van der Waals surface area contributed by atoms with E-state index < -0.39 is 17.8 Å². The molecule has 4 N–H and O–H groups in total. The number of benzene rings is 1. The summed E-state index contributed by atoms with van der Waals surface area (Å²) in [7, 11) is 0. The first-order chi connectivity index (χ1) is 6.32. The lowest BCUT2D eigenvalue weighted by Gasteiger charge is -2.15. The fourth-order valence-corrected chi connectivity index (χ4v) is 1.22. The Morgan fingerprint density at radius 3 is 2.29 bits per heavy atom. The summed E-state index contributed by atoms with van der Waals surface area (Å²) >= 11 is 0. The Morgan fingerprint density at radius 2 is 1.86 bits per heavy atom. The van der Waals surface area contributed by atoms with Crippen LogP contribution in [0.25, 0.3) is 0 Å². The molecule has 0 radical (unpaired) electrons. The second-order valence-corrected chi connectivity index (χ2v) is 3.13. The zero-order valence-electron chi connectivity index (χ0n) is 7.60. The Hall–Kier alpha value is -1.23. The Labute approximate surface area is 79.7 Å². The summed E-state index contributed by atoms with van der Waals surface area (Å²) in [5.74, 6) is 0. The van der Waals surface area contributed by atoms with E-state index in [1.54, 1.807) is 0 Å². The van der Waals surface area contributed by atoms with Gasteiger partial charge in [0.15, 0.2) is 0 Å². The monoisotopic (exact) mass is 204 g/mol. The van der Waals surface area contributed by atoms with Crippen molar-refractivity contribution in [2.45, 2.75) is 19.1 Å². The van der Waals surface area contributed by atoms with Gasteiger partial charge >= 0.3 is 6.18 Å². The highest BCUT2D eigenvalue weighted by atomic mass is 19.4. The maximum absolute atomic E-state index is 12.5. The van der Waals surface area contributed by atoms with Crippen LogP contribution in [0.1, 0.15) is 24.1 Å². The molecule has 1 aromatic carbocycles. The van der Waals surface area contributed by atoms with Crippen molar-refractivity contribution < 1.29 is 13.2 Å². The minimum atomic E-state index is -4.40. The van der Waals surface area contributed by atoms with Crippen LogP contribution in [0.3, 0.4) is 0 Å². The van der Waals surface area contributed by atoms with Gasteiger partial charge in [0.25, 0.3) is 0 Å². The highest BCUT2D eigenvalue weighted by molar-refractivity contribution is 5.46. The van der Waals surface area contributed by atoms with E-state index in [0.29, 0.717) is 0 Å². The quantitative estimate of drug-likeness (QED) is 0.689. The standard InChI is InChI=1S/C9H11F3N2/c1-5(13)7-3-2-6(14)4-8(7)9(10,11)12/h2-5H,13-14H2,1H3. The normalized spacial score (nSPS) is 14.1. The molecule has 0 saturated heterocycles. The molecule has 2 nitrogen and oxygen atoms in total. The summed E-state index contributed by atoms with van der Waals surface area (Å²) in [6, 6.07) is 2.96. The third-order valence-electron chi connectivity index (χ3n) is 1.87. The van der Waals surface area contributed by atoms with Crippen LogP contribution in [0.15, 0.2) is 18.2 Å². The summed E-state index contributed by atoms with van der Waals surface area (Å²) in [5, 5.41) is 0. The van der Waals surface area contributed by atoms with Crippen molar-refractivity contribution in [3.63, 3.8) is 0 Å². The van der Waals surface area contributed by atoms with Crippen LogP contribution in [0, 0.1) is 0 Å². The van der Waals surface area contributed by atoms with Crippen LogP contribution in [-0.4, -0.2) is 0 Å². The number of rotatable bonds is 1. The first-order valence-electron chi connectivity index (χ1n) is 4.04. The molecule has 0 aliphatic carbocycles. The van der Waals surface area contributed by atoms with E-state index in [9.17, 15) is 13.2 Å². The van der Waals surface area contributed by atoms with E-state index in [4.69, 9.17) is 11.5 Å². The second-order valence-electron chi connectivity index (χ2n) is 3.13. The molecule has 1 atom stereocenters. The molecule has 0 spiro atoms. The Balaban J connectivity index is 3.30. The number of anilines is 1. The zero-order chi connectivity index (χ0) is 10.9. The molecule has 0 aromatic heterocycles. The second kappa shape index (κ2) is 3.49. The summed E-state index contributed by atoms with van der Waals surface area (Å²) in [6.45, 7) is 1.50. The summed E-state index contributed by atoms with van der Waals surface area (Å²) < 4.78 is 37.4. The average molecular weight is 204 g/mol. The van der Waals surface area contributed by atoms with Gasteiger partial charge in [-0.1, -0.05) is 6.07 Å². The predicted molar refractivity (Wildman–Crippen MR) is 48.5 cm³/mol. The predicted octanol–water partition coefficient (Wildman–Crippen LogP) is 2.31.